The first-order valence-electron chi connectivity index (χ1n) is 8.36. The van der Waals surface area contributed by atoms with E-state index in [0.717, 1.165) is 23.5 Å². The van der Waals surface area contributed by atoms with Gasteiger partial charge in [-0.1, -0.05) is 47.5 Å². The molecule has 1 aromatic heterocycles. The summed E-state index contributed by atoms with van der Waals surface area (Å²) < 4.78 is 2.15. The zero-order chi connectivity index (χ0) is 18.1. The van der Waals surface area contributed by atoms with E-state index < -0.39 is 0 Å². The van der Waals surface area contributed by atoms with Crippen molar-refractivity contribution in [3.8, 4) is 0 Å². The molecule has 6 heteroatoms. The van der Waals surface area contributed by atoms with Gasteiger partial charge in [-0.25, -0.2) is 4.79 Å². The van der Waals surface area contributed by atoms with E-state index in [4.69, 9.17) is 23.2 Å². The van der Waals surface area contributed by atoms with Crippen molar-refractivity contribution in [3.05, 3.63) is 88.2 Å². The number of hydrogen-bond donors (Lipinski definition) is 1. The van der Waals surface area contributed by atoms with E-state index in [9.17, 15) is 4.79 Å². The van der Waals surface area contributed by atoms with Gasteiger partial charge in [0.05, 0.1) is 0 Å². The van der Waals surface area contributed by atoms with Crippen LogP contribution in [-0.4, -0.2) is 22.0 Å². The first-order chi connectivity index (χ1) is 12.6. The van der Waals surface area contributed by atoms with Crippen LogP contribution in [0.4, 0.5) is 10.5 Å². The zero-order valence-corrected chi connectivity index (χ0v) is 15.4. The molecule has 2 aromatic carbocycles. The van der Waals surface area contributed by atoms with Gasteiger partial charge < -0.3 is 14.8 Å². The van der Waals surface area contributed by atoms with E-state index in [1.54, 1.807) is 12.1 Å². The lowest BCUT2D eigenvalue weighted by Gasteiger charge is -2.37. The van der Waals surface area contributed by atoms with E-state index in [1.807, 2.05) is 59.6 Å². The highest BCUT2D eigenvalue weighted by molar-refractivity contribution is 6.35. The van der Waals surface area contributed by atoms with Crippen LogP contribution < -0.4 is 5.32 Å². The third-order valence-corrected chi connectivity index (χ3v) is 5.14. The predicted octanol–water partition coefficient (Wildman–Crippen LogP) is 5.43. The zero-order valence-electron chi connectivity index (χ0n) is 13.9. The van der Waals surface area contributed by atoms with E-state index in [-0.39, 0.29) is 12.1 Å². The summed E-state index contributed by atoms with van der Waals surface area (Å²) in [5.41, 5.74) is 2.65. The maximum Gasteiger partial charge on any atom is 0.322 e. The molecule has 2 heterocycles. The van der Waals surface area contributed by atoms with Crippen LogP contribution in [0.3, 0.4) is 0 Å². The van der Waals surface area contributed by atoms with Gasteiger partial charge in [0.15, 0.2) is 0 Å². The first-order valence-corrected chi connectivity index (χ1v) is 9.12. The van der Waals surface area contributed by atoms with Crippen LogP contribution in [0.5, 0.6) is 0 Å². The second kappa shape index (κ2) is 7.06. The summed E-state index contributed by atoms with van der Waals surface area (Å²) >= 11 is 12.5. The fraction of sp³-hybridized carbons (Fsp3) is 0.150. The average molecular weight is 386 g/mol. The number of para-hydroxylation sites is 1. The molecule has 0 spiro atoms. The highest BCUT2D eigenvalue weighted by Gasteiger charge is 2.33. The van der Waals surface area contributed by atoms with Crippen LogP contribution in [0, 0.1) is 0 Å². The molecule has 0 bridgehead atoms. The molecule has 4 rings (SSSR count). The Bertz CT molecular complexity index is 939. The van der Waals surface area contributed by atoms with Gasteiger partial charge in [0.25, 0.3) is 0 Å². The number of halogens is 2. The van der Waals surface area contributed by atoms with Crippen LogP contribution in [-0.2, 0) is 6.54 Å². The van der Waals surface area contributed by atoms with E-state index in [2.05, 4.69) is 9.88 Å². The van der Waals surface area contributed by atoms with Crippen LogP contribution >= 0.6 is 23.2 Å². The summed E-state index contributed by atoms with van der Waals surface area (Å²) in [6, 6.07) is 18.4. The molecule has 0 saturated heterocycles. The molecule has 1 aliphatic heterocycles. The van der Waals surface area contributed by atoms with Gasteiger partial charge in [-0.05, 0) is 42.0 Å². The van der Waals surface area contributed by atoms with Crippen LogP contribution in [0.25, 0.3) is 0 Å². The quantitative estimate of drug-likeness (QED) is 0.626. The van der Waals surface area contributed by atoms with Gasteiger partial charge in [-0.2, -0.15) is 0 Å². The van der Waals surface area contributed by atoms with Gasteiger partial charge in [-0.15, -0.1) is 0 Å². The smallest absolute Gasteiger partial charge is 0.322 e. The monoisotopic (exact) mass is 385 g/mol. The second-order valence-electron chi connectivity index (χ2n) is 6.18. The molecular formula is C20H17Cl2N3O. The fourth-order valence-electron chi connectivity index (χ4n) is 3.37. The van der Waals surface area contributed by atoms with Crippen molar-refractivity contribution in [1.29, 1.82) is 0 Å². The van der Waals surface area contributed by atoms with E-state index in [0.29, 0.717) is 16.6 Å². The minimum atomic E-state index is -0.271. The van der Waals surface area contributed by atoms with Crippen LogP contribution in [0.1, 0.15) is 17.3 Å². The Hall–Kier alpha value is -2.43. The SMILES string of the molecule is O=C(Nc1ccccc1)N1CCn2cccc2C1c1ccc(Cl)cc1Cl. The third kappa shape index (κ3) is 3.18. The van der Waals surface area contributed by atoms with Crippen molar-refractivity contribution in [3.63, 3.8) is 0 Å². The summed E-state index contributed by atoms with van der Waals surface area (Å²) in [5.74, 6) is 0. The standard InChI is InChI=1S/C20H17Cl2N3O/c21-14-8-9-16(17(22)13-14)19-18-7-4-10-24(18)11-12-25(19)20(26)23-15-5-2-1-3-6-15/h1-10,13,19H,11-12H2,(H,23,26). The van der Waals surface area contributed by atoms with Gasteiger partial charge in [0.2, 0.25) is 0 Å². The molecule has 2 amide bonds. The molecule has 1 aliphatic rings. The predicted molar refractivity (Wildman–Crippen MR) is 105 cm³/mol. The summed E-state index contributed by atoms with van der Waals surface area (Å²) in [5, 5.41) is 4.10. The highest BCUT2D eigenvalue weighted by atomic mass is 35.5. The number of carbonyl (C=O) groups is 1. The van der Waals surface area contributed by atoms with E-state index in [1.165, 1.54) is 0 Å². The number of hydrogen-bond acceptors (Lipinski definition) is 1. The van der Waals surface area contributed by atoms with Gasteiger partial charge >= 0.3 is 6.03 Å². The minimum absolute atomic E-state index is 0.153. The lowest BCUT2D eigenvalue weighted by Crippen LogP contribution is -2.44. The van der Waals surface area contributed by atoms with Crippen molar-refractivity contribution in [1.82, 2.24) is 9.47 Å². The average Bonchev–Trinajstić information content (AvgIpc) is 3.11. The maximum absolute atomic E-state index is 13.0. The molecule has 1 atom stereocenters. The van der Waals surface area contributed by atoms with Crippen molar-refractivity contribution < 1.29 is 4.79 Å². The van der Waals surface area contributed by atoms with Crippen molar-refractivity contribution in [2.75, 3.05) is 11.9 Å². The Morgan fingerprint density at radius 3 is 2.58 bits per heavy atom. The number of aromatic nitrogens is 1. The molecular weight excluding hydrogens is 369 g/mol. The van der Waals surface area contributed by atoms with Crippen LogP contribution in [0.2, 0.25) is 10.0 Å². The lowest BCUT2D eigenvalue weighted by atomic mass is 10.00. The first kappa shape index (κ1) is 17.0. The minimum Gasteiger partial charge on any atom is -0.348 e. The topological polar surface area (TPSA) is 37.3 Å². The highest BCUT2D eigenvalue weighted by Crippen LogP contribution is 2.37. The summed E-state index contributed by atoms with van der Waals surface area (Å²) in [7, 11) is 0. The Labute approximate surface area is 161 Å². The Morgan fingerprint density at radius 2 is 1.81 bits per heavy atom. The number of benzene rings is 2. The van der Waals surface area contributed by atoms with Crippen molar-refractivity contribution in [2.24, 2.45) is 0 Å². The number of anilines is 1. The molecule has 3 aromatic rings. The molecule has 0 saturated carbocycles. The lowest BCUT2D eigenvalue weighted by molar-refractivity contribution is 0.182. The summed E-state index contributed by atoms with van der Waals surface area (Å²) in [6.07, 6.45) is 2.03. The van der Waals surface area contributed by atoms with Crippen molar-refractivity contribution in [2.45, 2.75) is 12.6 Å². The largest absolute Gasteiger partial charge is 0.348 e. The molecule has 1 unspecified atom stereocenters. The molecule has 0 radical (unpaired) electrons. The summed E-state index contributed by atoms with van der Waals surface area (Å²) in [6.45, 7) is 1.33. The number of urea groups is 1. The Kier molecular flexibility index (Phi) is 4.62. The molecule has 1 N–H and O–H groups in total. The number of nitrogens with zero attached hydrogens (tertiary/aromatic N) is 2. The second-order valence-corrected chi connectivity index (χ2v) is 7.03. The van der Waals surface area contributed by atoms with Gasteiger partial charge in [0, 0.05) is 40.7 Å². The van der Waals surface area contributed by atoms with Gasteiger partial charge in [0.1, 0.15) is 6.04 Å². The number of fused-ring (bicyclic) bond motifs is 1. The van der Waals surface area contributed by atoms with Crippen LogP contribution in [0.15, 0.2) is 66.9 Å². The van der Waals surface area contributed by atoms with Crippen molar-refractivity contribution >= 4 is 34.9 Å². The normalized spacial score (nSPS) is 16.2. The Morgan fingerprint density at radius 1 is 1.00 bits per heavy atom. The molecule has 132 valence electrons. The number of carbonyl (C=O) groups excluding carboxylic acids is 1. The molecule has 0 fully saturated rings. The van der Waals surface area contributed by atoms with Gasteiger partial charge in [-0.3, -0.25) is 0 Å². The fourth-order valence-corrected chi connectivity index (χ4v) is 3.88. The van der Waals surface area contributed by atoms with E-state index >= 15 is 0 Å². The number of nitrogens with one attached hydrogen (secondary N) is 1. The number of amides is 2. The Balaban J connectivity index is 1.72. The molecule has 0 aliphatic carbocycles. The molecule has 26 heavy (non-hydrogen) atoms. The molecule has 4 nitrogen and oxygen atoms in total. The third-order valence-electron chi connectivity index (χ3n) is 4.58. The maximum atomic E-state index is 13.0. The summed E-state index contributed by atoms with van der Waals surface area (Å²) in [4.78, 5) is 14.8. The number of rotatable bonds is 2.